The van der Waals surface area contributed by atoms with Crippen LogP contribution in [0, 0.1) is 10.1 Å². The molecule has 0 spiro atoms. The van der Waals surface area contributed by atoms with Crippen LogP contribution in [0.1, 0.15) is 38.4 Å². The minimum atomic E-state index is -4.59. The number of rotatable bonds is 10. The molecule has 9 nitrogen and oxygen atoms in total. The van der Waals surface area contributed by atoms with E-state index < -0.39 is 39.9 Å². The van der Waals surface area contributed by atoms with Crippen LogP contribution in [0.5, 0.6) is 5.75 Å². The van der Waals surface area contributed by atoms with Gasteiger partial charge in [0, 0.05) is 31.9 Å². The summed E-state index contributed by atoms with van der Waals surface area (Å²) < 4.78 is 81.4. The summed E-state index contributed by atoms with van der Waals surface area (Å²) in [6, 6.07) is 9.67. The molecule has 0 aromatic heterocycles. The lowest BCUT2D eigenvalue weighted by atomic mass is 10.0. The minimum absolute atomic E-state index is 0.0893. The van der Waals surface area contributed by atoms with E-state index in [1.54, 1.807) is 12.1 Å². The second-order valence-corrected chi connectivity index (χ2v) is 9.87. The van der Waals surface area contributed by atoms with Crippen LogP contribution < -0.4 is 4.74 Å². The highest BCUT2D eigenvalue weighted by Crippen LogP contribution is 2.37. The van der Waals surface area contributed by atoms with Gasteiger partial charge in [-0.15, -0.1) is 0 Å². The van der Waals surface area contributed by atoms with E-state index in [0.717, 1.165) is 41.8 Å². The number of hydrogen-bond acceptors (Lipinski definition) is 7. The van der Waals surface area contributed by atoms with Crippen LogP contribution in [0.4, 0.5) is 18.9 Å². The van der Waals surface area contributed by atoms with Crippen LogP contribution >= 0.6 is 0 Å². The Bertz CT molecular complexity index is 1090. The van der Waals surface area contributed by atoms with Crippen LogP contribution in [-0.2, 0) is 19.5 Å². The summed E-state index contributed by atoms with van der Waals surface area (Å²) in [4.78, 5) is 10.0. The largest absolute Gasteiger partial charge is 0.497 e. The van der Waals surface area contributed by atoms with Gasteiger partial charge in [0.1, 0.15) is 12.4 Å². The lowest BCUT2D eigenvalue weighted by Gasteiger charge is -2.31. The highest BCUT2D eigenvalue weighted by atomic mass is 32.2. The first kappa shape index (κ1) is 30.5. The molecule has 1 aliphatic heterocycles. The number of sulfonamides is 1. The summed E-state index contributed by atoms with van der Waals surface area (Å²) in [6.45, 7) is 4.22. The van der Waals surface area contributed by atoms with E-state index in [-0.39, 0.29) is 17.1 Å². The predicted octanol–water partition coefficient (Wildman–Crippen LogP) is 5.12. The standard InChI is InChI=1S/C20H21F3N2O6S.C4H10O/c1-30-16-8-4-14(5-9-16)19(31-13-20(21,22)23)18-3-2-12-24(18)32(28,29)17-10-6-15(7-11-17)25(26)27;1-3-5-4-2/h4-11,18-19H,2-3,12-13H2,1H3;3-4H2,1-2H3/t18-,19-;/m1./s1. The zero-order valence-corrected chi connectivity index (χ0v) is 21.6. The summed E-state index contributed by atoms with van der Waals surface area (Å²) >= 11 is 0. The van der Waals surface area contributed by atoms with Gasteiger partial charge < -0.3 is 14.2 Å². The number of hydrogen-bond donors (Lipinski definition) is 0. The van der Waals surface area contributed by atoms with Gasteiger partial charge in [-0.2, -0.15) is 17.5 Å². The molecule has 0 aliphatic carbocycles. The molecule has 0 saturated carbocycles. The van der Waals surface area contributed by atoms with Gasteiger partial charge in [-0.3, -0.25) is 10.1 Å². The molecule has 1 aliphatic rings. The van der Waals surface area contributed by atoms with Crippen LogP contribution in [0.2, 0.25) is 0 Å². The van der Waals surface area contributed by atoms with Gasteiger partial charge in [-0.1, -0.05) is 12.1 Å². The third kappa shape index (κ3) is 8.66. The molecule has 3 rings (SSSR count). The Kier molecular flexibility index (Phi) is 11.3. The van der Waals surface area contributed by atoms with Gasteiger partial charge in [0.2, 0.25) is 10.0 Å². The molecule has 206 valence electrons. The number of benzene rings is 2. The molecular formula is C24H31F3N2O7S. The minimum Gasteiger partial charge on any atom is -0.497 e. The number of nitro benzene ring substituents is 1. The van der Waals surface area contributed by atoms with Crippen molar-refractivity contribution in [2.45, 2.75) is 49.9 Å². The van der Waals surface area contributed by atoms with Gasteiger partial charge in [-0.05, 0) is 56.5 Å². The van der Waals surface area contributed by atoms with Crippen LogP contribution in [0.15, 0.2) is 53.4 Å². The van der Waals surface area contributed by atoms with Crippen molar-refractivity contribution in [3.8, 4) is 5.75 Å². The number of nitrogens with zero attached hydrogens (tertiary/aromatic N) is 2. The lowest BCUT2D eigenvalue weighted by molar-refractivity contribution is -0.384. The first-order valence-electron chi connectivity index (χ1n) is 11.6. The second-order valence-electron chi connectivity index (χ2n) is 7.98. The molecule has 0 radical (unpaired) electrons. The smallest absolute Gasteiger partial charge is 0.411 e. The molecule has 0 N–H and O–H groups in total. The topological polar surface area (TPSA) is 108 Å². The number of ether oxygens (including phenoxy) is 3. The van der Waals surface area contributed by atoms with Crippen molar-refractivity contribution in [3.63, 3.8) is 0 Å². The molecule has 1 saturated heterocycles. The van der Waals surface area contributed by atoms with Gasteiger partial charge in [0.05, 0.1) is 29.1 Å². The summed E-state index contributed by atoms with van der Waals surface area (Å²) in [5, 5.41) is 10.8. The zero-order chi connectivity index (χ0) is 27.6. The third-order valence-electron chi connectivity index (χ3n) is 5.53. The van der Waals surface area contributed by atoms with E-state index in [2.05, 4.69) is 0 Å². The maximum Gasteiger partial charge on any atom is 0.411 e. The maximum atomic E-state index is 13.2. The molecule has 2 atom stereocenters. The highest BCUT2D eigenvalue weighted by molar-refractivity contribution is 7.89. The molecule has 0 bridgehead atoms. The maximum absolute atomic E-state index is 13.2. The molecule has 2 aromatic carbocycles. The SMILES string of the molecule is CCOCC.COc1ccc([C@@H](OCC(F)(F)F)[C@H]2CCCN2S(=O)(=O)c2ccc([N+](=O)[O-])cc2)cc1. The quantitative estimate of drug-likeness (QED) is 0.300. The van der Waals surface area contributed by atoms with Crippen molar-refractivity contribution in [2.75, 3.05) is 33.5 Å². The first-order valence-corrected chi connectivity index (χ1v) is 13.0. The highest BCUT2D eigenvalue weighted by Gasteiger charge is 2.42. The van der Waals surface area contributed by atoms with Crippen LogP contribution in [0.25, 0.3) is 0 Å². The molecule has 37 heavy (non-hydrogen) atoms. The van der Waals surface area contributed by atoms with E-state index in [1.165, 1.54) is 19.2 Å². The Balaban J connectivity index is 0.000000877. The average molecular weight is 549 g/mol. The van der Waals surface area contributed by atoms with E-state index in [0.29, 0.717) is 24.2 Å². The van der Waals surface area contributed by atoms with E-state index in [9.17, 15) is 31.7 Å². The Morgan fingerprint density at radius 1 is 1.08 bits per heavy atom. The normalized spacial score (nSPS) is 17.1. The van der Waals surface area contributed by atoms with Crippen molar-refractivity contribution in [1.29, 1.82) is 0 Å². The fourth-order valence-corrected chi connectivity index (χ4v) is 5.55. The summed E-state index contributed by atoms with van der Waals surface area (Å²) in [7, 11) is -2.68. The number of alkyl halides is 3. The Morgan fingerprint density at radius 2 is 1.68 bits per heavy atom. The van der Waals surface area contributed by atoms with E-state index in [1.807, 2.05) is 13.8 Å². The Labute approximate surface area is 214 Å². The molecule has 13 heteroatoms. The lowest BCUT2D eigenvalue weighted by Crippen LogP contribution is -2.40. The average Bonchev–Trinajstić information content (AvgIpc) is 3.35. The molecule has 0 unspecified atom stereocenters. The summed E-state index contributed by atoms with van der Waals surface area (Å²) in [5.74, 6) is 0.491. The van der Waals surface area contributed by atoms with Gasteiger partial charge in [-0.25, -0.2) is 8.42 Å². The fourth-order valence-electron chi connectivity index (χ4n) is 3.85. The number of nitro groups is 1. The van der Waals surface area contributed by atoms with Crippen molar-refractivity contribution in [1.82, 2.24) is 4.31 Å². The number of halogens is 3. The monoisotopic (exact) mass is 548 g/mol. The van der Waals surface area contributed by atoms with Gasteiger partial charge >= 0.3 is 6.18 Å². The number of non-ortho nitro benzene ring substituents is 1. The van der Waals surface area contributed by atoms with E-state index in [4.69, 9.17) is 14.2 Å². The van der Waals surface area contributed by atoms with E-state index >= 15 is 0 Å². The Hall–Kier alpha value is -2.74. The molecular weight excluding hydrogens is 517 g/mol. The Morgan fingerprint density at radius 3 is 2.14 bits per heavy atom. The van der Waals surface area contributed by atoms with Crippen molar-refractivity contribution in [2.24, 2.45) is 0 Å². The van der Waals surface area contributed by atoms with Crippen molar-refractivity contribution >= 4 is 15.7 Å². The first-order chi connectivity index (χ1) is 17.4. The van der Waals surface area contributed by atoms with Crippen molar-refractivity contribution in [3.05, 3.63) is 64.2 Å². The van der Waals surface area contributed by atoms with Crippen LogP contribution in [0.3, 0.4) is 0 Å². The van der Waals surface area contributed by atoms with Crippen molar-refractivity contribution < 1.29 is 40.7 Å². The predicted molar refractivity (Wildman–Crippen MR) is 130 cm³/mol. The summed E-state index contributed by atoms with van der Waals surface area (Å²) in [6.07, 6.45) is -5.04. The number of methoxy groups -OCH3 is 1. The molecule has 2 aromatic rings. The molecule has 0 amide bonds. The molecule has 1 fully saturated rings. The molecule has 1 heterocycles. The zero-order valence-electron chi connectivity index (χ0n) is 20.8. The summed E-state index contributed by atoms with van der Waals surface area (Å²) in [5.41, 5.74) is 0.109. The van der Waals surface area contributed by atoms with Crippen LogP contribution in [-0.4, -0.2) is 63.3 Å². The second kappa shape index (κ2) is 13.7. The van der Waals surface area contributed by atoms with Gasteiger partial charge in [0.15, 0.2) is 0 Å². The fraction of sp³-hybridized carbons (Fsp3) is 0.500. The van der Waals surface area contributed by atoms with Gasteiger partial charge in [0.25, 0.3) is 5.69 Å². The third-order valence-corrected chi connectivity index (χ3v) is 7.47.